The third kappa shape index (κ3) is 6.06. The molecule has 4 rings (SSSR count). The van der Waals surface area contributed by atoms with Gasteiger partial charge in [-0.15, -0.1) is 0 Å². The third-order valence-corrected chi connectivity index (χ3v) is 6.65. The first kappa shape index (κ1) is 26.1. The van der Waals surface area contributed by atoms with E-state index in [1.165, 1.54) is 0 Å². The van der Waals surface area contributed by atoms with Crippen molar-refractivity contribution in [2.24, 2.45) is 0 Å². The van der Waals surface area contributed by atoms with Crippen LogP contribution in [0.15, 0.2) is 84.3 Å². The molecule has 1 aromatic heterocycles. The summed E-state index contributed by atoms with van der Waals surface area (Å²) in [6.07, 6.45) is 3.46. The smallest absolute Gasteiger partial charge is 0.336 e. The van der Waals surface area contributed by atoms with Crippen LogP contribution in [-0.2, 0) is 27.4 Å². The summed E-state index contributed by atoms with van der Waals surface area (Å²) in [4.78, 5) is 44.7. The molecule has 1 unspecified atom stereocenters. The predicted molar refractivity (Wildman–Crippen MR) is 141 cm³/mol. The molecule has 1 aliphatic heterocycles. The number of pyridine rings is 1. The molecule has 0 fully saturated rings. The Morgan fingerprint density at radius 2 is 1.89 bits per heavy atom. The van der Waals surface area contributed by atoms with Gasteiger partial charge in [0.2, 0.25) is 5.91 Å². The van der Waals surface area contributed by atoms with Crippen LogP contribution in [0.3, 0.4) is 0 Å². The number of amides is 2. The van der Waals surface area contributed by atoms with Gasteiger partial charge < -0.3 is 15.0 Å². The fourth-order valence-electron chi connectivity index (χ4n) is 4.48. The molecular weight excluding hydrogens is 490 g/mol. The number of carbonyl (C=O) groups is 3. The number of nitrogens with one attached hydrogen (secondary N) is 1. The zero-order chi connectivity index (χ0) is 26.4. The molecule has 0 aliphatic carbocycles. The van der Waals surface area contributed by atoms with E-state index in [1.54, 1.807) is 55.4 Å². The van der Waals surface area contributed by atoms with Gasteiger partial charge in [0.25, 0.3) is 5.91 Å². The quantitative estimate of drug-likeness (QED) is 0.424. The zero-order valence-electron chi connectivity index (χ0n) is 20.7. The zero-order valence-corrected chi connectivity index (χ0v) is 21.5. The number of ether oxygens (including phenoxy) is 1. The van der Waals surface area contributed by atoms with E-state index in [1.807, 2.05) is 36.4 Å². The fraction of sp³-hybridized carbons (Fsp3) is 0.241. The number of hydrogen-bond donors (Lipinski definition) is 1. The standard InChI is InChI=1S/C29H28ClN3O4/c1-3-37-29(36)27-19(2)33(26(34)15-24(27)23-11-4-5-12-25(23)30)18-20-8-6-10-22(14-20)28(35)32-17-21-9-7-13-31-16-21/h4-14,16,24H,3,15,17-18H2,1-2H3,(H,32,35). The average Bonchev–Trinajstić information content (AvgIpc) is 2.90. The van der Waals surface area contributed by atoms with Gasteiger partial charge in [-0.1, -0.05) is 48.0 Å². The number of nitrogens with zero attached hydrogens (tertiary/aromatic N) is 2. The van der Waals surface area contributed by atoms with Crippen LogP contribution in [0.2, 0.25) is 5.02 Å². The van der Waals surface area contributed by atoms with Gasteiger partial charge in [0.05, 0.1) is 18.7 Å². The van der Waals surface area contributed by atoms with E-state index in [9.17, 15) is 14.4 Å². The lowest BCUT2D eigenvalue weighted by Crippen LogP contribution is -2.38. The lowest BCUT2D eigenvalue weighted by atomic mass is 9.83. The molecule has 1 N–H and O–H groups in total. The Balaban J connectivity index is 1.59. The molecule has 0 saturated heterocycles. The second-order valence-corrected chi connectivity index (χ2v) is 9.13. The van der Waals surface area contributed by atoms with Gasteiger partial charge in [-0.25, -0.2) is 4.79 Å². The Bertz CT molecular complexity index is 1340. The summed E-state index contributed by atoms with van der Waals surface area (Å²) >= 11 is 6.44. The highest BCUT2D eigenvalue weighted by Crippen LogP contribution is 2.40. The lowest BCUT2D eigenvalue weighted by Gasteiger charge is -2.34. The summed E-state index contributed by atoms with van der Waals surface area (Å²) in [7, 11) is 0. The average molecular weight is 518 g/mol. The number of esters is 1. The van der Waals surface area contributed by atoms with Crippen molar-refractivity contribution in [1.29, 1.82) is 0 Å². The molecule has 0 radical (unpaired) electrons. The van der Waals surface area contributed by atoms with E-state index in [-0.39, 0.29) is 31.4 Å². The minimum absolute atomic E-state index is 0.0838. The van der Waals surface area contributed by atoms with Crippen LogP contribution in [-0.4, -0.2) is 34.3 Å². The number of halogens is 1. The van der Waals surface area contributed by atoms with Gasteiger partial charge in [0, 0.05) is 47.6 Å². The van der Waals surface area contributed by atoms with E-state index < -0.39 is 11.9 Å². The number of allylic oxidation sites excluding steroid dienone is 1. The minimum atomic E-state index is -0.499. The molecule has 0 saturated carbocycles. The molecule has 1 aliphatic rings. The molecule has 0 bridgehead atoms. The van der Waals surface area contributed by atoms with Crippen LogP contribution >= 0.6 is 11.6 Å². The van der Waals surface area contributed by atoms with Gasteiger partial charge in [-0.3, -0.25) is 14.6 Å². The molecule has 0 spiro atoms. The summed E-state index contributed by atoms with van der Waals surface area (Å²) < 4.78 is 5.36. The first-order valence-corrected chi connectivity index (χ1v) is 12.5. The van der Waals surface area contributed by atoms with Crippen molar-refractivity contribution >= 4 is 29.4 Å². The number of carbonyl (C=O) groups excluding carboxylic acids is 3. The van der Waals surface area contributed by atoms with Gasteiger partial charge in [-0.2, -0.15) is 0 Å². The summed E-state index contributed by atoms with van der Waals surface area (Å²) in [5.41, 5.74) is 3.79. The highest BCUT2D eigenvalue weighted by atomic mass is 35.5. The Kier molecular flexibility index (Phi) is 8.36. The van der Waals surface area contributed by atoms with Crippen LogP contribution in [0, 0.1) is 0 Å². The van der Waals surface area contributed by atoms with Gasteiger partial charge in [-0.05, 0) is 54.8 Å². The summed E-state index contributed by atoms with van der Waals surface area (Å²) in [6, 6.07) is 18.0. The van der Waals surface area contributed by atoms with Crippen molar-refractivity contribution in [3.8, 4) is 0 Å². The largest absolute Gasteiger partial charge is 0.463 e. The first-order valence-electron chi connectivity index (χ1n) is 12.1. The van der Waals surface area contributed by atoms with E-state index in [2.05, 4.69) is 10.3 Å². The van der Waals surface area contributed by atoms with Crippen molar-refractivity contribution in [3.05, 3.63) is 112 Å². The van der Waals surface area contributed by atoms with Crippen molar-refractivity contribution in [3.63, 3.8) is 0 Å². The summed E-state index contributed by atoms with van der Waals surface area (Å²) in [5.74, 6) is -1.33. The highest BCUT2D eigenvalue weighted by molar-refractivity contribution is 6.31. The minimum Gasteiger partial charge on any atom is -0.463 e. The highest BCUT2D eigenvalue weighted by Gasteiger charge is 2.37. The number of aromatic nitrogens is 1. The molecule has 2 amide bonds. The molecule has 3 aromatic rings. The predicted octanol–water partition coefficient (Wildman–Crippen LogP) is 5.02. The second kappa shape index (κ2) is 11.8. The van der Waals surface area contributed by atoms with Gasteiger partial charge >= 0.3 is 5.97 Å². The van der Waals surface area contributed by atoms with E-state index in [4.69, 9.17) is 16.3 Å². The van der Waals surface area contributed by atoms with Crippen LogP contribution in [0.25, 0.3) is 0 Å². The van der Waals surface area contributed by atoms with Gasteiger partial charge in [0.15, 0.2) is 0 Å². The van der Waals surface area contributed by atoms with Crippen molar-refractivity contribution in [2.75, 3.05) is 6.61 Å². The molecule has 1 atom stereocenters. The Morgan fingerprint density at radius 1 is 1.11 bits per heavy atom. The maximum absolute atomic E-state index is 13.3. The molecular formula is C29H28ClN3O4. The second-order valence-electron chi connectivity index (χ2n) is 8.72. The van der Waals surface area contributed by atoms with E-state index in [0.29, 0.717) is 34.0 Å². The monoisotopic (exact) mass is 517 g/mol. The van der Waals surface area contributed by atoms with Crippen molar-refractivity contribution in [1.82, 2.24) is 15.2 Å². The molecule has 7 nitrogen and oxygen atoms in total. The molecule has 37 heavy (non-hydrogen) atoms. The fourth-order valence-corrected chi connectivity index (χ4v) is 4.75. The Hall–Kier alpha value is -3.97. The number of rotatable bonds is 8. The van der Waals surface area contributed by atoms with Crippen molar-refractivity contribution in [2.45, 2.75) is 39.3 Å². The molecule has 2 heterocycles. The van der Waals surface area contributed by atoms with Crippen LogP contribution in [0.1, 0.15) is 53.2 Å². The number of hydrogen-bond acceptors (Lipinski definition) is 5. The van der Waals surface area contributed by atoms with Gasteiger partial charge in [0.1, 0.15) is 0 Å². The molecule has 8 heteroatoms. The maximum Gasteiger partial charge on any atom is 0.336 e. The Morgan fingerprint density at radius 3 is 2.62 bits per heavy atom. The Labute approximate surface area is 221 Å². The third-order valence-electron chi connectivity index (χ3n) is 6.30. The van der Waals surface area contributed by atoms with Crippen LogP contribution < -0.4 is 5.32 Å². The summed E-state index contributed by atoms with van der Waals surface area (Å²) in [5, 5.41) is 3.38. The maximum atomic E-state index is 13.3. The molecule has 2 aromatic carbocycles. The SMILES string of the molecule is CCOC(=O)C1=C(C)N(Cc2cccc(C(=O)NCc3cccnc3)c2)C(=O)CC1c1ccccc1Cl. The van der Waals surface area contributed by atoms with Crippen LogP contribution in [0.5, 0.6) is 0 Å². The van der Waals surface area contributed by atoms with E-state index >= 15 is 0 Å². The van der Waals surface area contributed by atoms with Crippen LogP contribution in [0.4, 0.5) is 0 Å². The molecule has 190 valence electrons. The lowest BCUT2D eigenvalue weighted by molar-refractivity contribution is -0.140. The van der Waals surface area contributed by atoms with Crippen molar-refractivity contribution < 1.29 is 19.1 Å². The normalized spacial score (nSPS) is 15.5. The first-order chi connectivity index (χ1) is 17.9. The van der Waals surface area contributed by atoms with E-state index in [0.717, 1.165) is 11.1 Å². The number of benzene rings is 2. The topological polar surface area (TPSA) is 88.6 Å². The summed E-state index contributed by atoms with van der Waals surface area (Å²) in [6.45, 7) is 4.28.